The summed E-state index contributed by atoms with van der Waals surface area (Å²) in [5.41, 5.74) is 3.32. The van der Waals surface area contributed by atoms with Crippen molar-refractivity contribution < 1.29 is 18.8 Å². The standard InChI is InChI=1S/C26H31N5O4/c1-17-5-6-19(14-20(17)21-15-22(35-30-21)25(33)28-16-26(2,3)4)29-24(32)18-7-8-27-23(13-18)31-9-11-34-12-10-31/h5-8,13-15H,9-12,16H2,1-4H3,(H,28,33)(H,29,32). The lowest BCUT2D eigenvalue weighted by Gasteiger charge is -2.27. The van der Waals surface area contributed by atoms with E-state index in [1.54, 1.807) is 24.4 Å². The van der Waals surface area contributed by atoms with Gasteiger partial charge < -0.3 is 24.8 Å². The van der Waals surface area contributed by atoms with E-state index in [0.29, 0.717) is 36.7 Å². The van der Waals surface area contributed by atoms with Crippen LogP contribution in [0.3, 0.4) is 0 Å². The van der Waals surface area contributed by atoms with Crippen LogP contribution in [-0.4, -0.2) is 54.8 Å². The summed E-state index contributed by atoms with van der Waals surface area (Å²) in [6, 6.07) is 10.6. The molecular formula is C26H31N5O4. The maximum absolute atomic E-state index is 13.0. The highest BCUT2D eigenvalue weighted by atomic mass is 16.5. The zero-order valence-electron chi connectivity index (χ0n) is 20.6. The zero-order chi connectivity index (χ0) is 25.0. The van der Waals surface area contributed by atoms with Gasteiger partial charge in [0, 0.05) is 48.7 Å². The van der Waals surface area contributed by atoms with E-state index in [2.05, 4.69) is 25.7 Å². The van der Waals surface area contributed by atoms with Crippen LogP contribution >= 0.6 is 0 Å². The van der Waals surface area contributed by atoms with Crippen molar-refractivity contribution in [3.8, 4) is 11.3 Å². The maximum atomic E-state index is 13.0. The number of aryl methyl sites for hydroxylation is 1. The fraction of sp³-hybridized carbons (Fsp3) is 0.385. The Labute approximate surface area is 204 Å². The molecular weight excluding hydrogens is 446 g/mol. The van der Waals surface area contributed by atoms with Gasteiger partial charge in [0.2, 0.25) is 5.76 Å². The van der Waals surface area contributed by atoms with Gasteiger partial charge in [-0.1, -0.05) is 32.0 Å². The lowest BCUT2D eigenvalue weighted by molar-refractivity contribution is 0.0902. The summed E-state index contributed by atoms with van der Waals surface area (Å²) < 4.78 is 10.7. The Bertz CT molecular complexity index is 1210. The summed E-state index contributed by atoms with van der Waals surface area (Å²) in [5, 5.41) is 9.88. The lowest BCUT2D eigenvalue weighted by Crippen LogP contribution is -2.36. The van der Waals surface area contributed by atoms with Gasteiger partial charge in [-0.25, -0.2) is 4.98 Å². The molecule has 2 N–H and O–H groups in total. The monoisotopic (exact) mass is 477 g/mol. The lowest BCUT2D eigenvalue weighted by atomic mass is 9.97. The summed E-state index contributed by atoms with van der Waals surface area (Å²) in [6.45, 7) is 11.4. The minimum absolute atomic E-state index is 0.0423. The second-order valence-corrected chi connectivity index (χ2v) is 9.81. The maximum Gasteiger partial charge on any atom is 0.289 e. The molecule has 0 atom stereocenters. The van der Waals surface area contributed by atoms with Crippen LogP contribution in [0.2, 0.25) is 0 Å². The van der Waals surface area contributed by atoms with Gasteiger partial charge >= 0.3 is 0 Å². The van der Waals surface area contributed by atoms with E-state index in [4.69, 9.17) is 9.26 Å². The zero-order valence-corrected chi connectivity index (χ0v) is 20.6. The topological polar surface area (TPSA) is 110 Å². The van der Waals surface area contributed by atoms with Gasteiger partial charge in [-0.3, -0.25) is 9.59 Å². The van der Waals surface area contributed by atoms with E-state index in [9.17, 15) is 9.59 Å². The number of morpholine rings is 1. The number of carbonyl (C=O) groups excluding carboxylic acids is 2. The first-order chi connectivity index (χ1) is 16.7. The molecule has 1 aromatic carbocycles. The SMILES string of the molecule is Cc1ccc(NC(=O)c2ccnc(N3CCOCC3)c2)cc1-c1cc(C(=O)NCC(C)(C)C)on1. The minimum Gasteiger partial charge on any atom is -0.378 e. The van der Waals surface area contributed by atoms with E-state index in [0.717, 1.165) is 30.0 Å². The van der Waals surface area contributed by atoms with Crippen molar-refractivity contribution in [2.75, 3.05) is 43.1 Å². The number of anilines is 2. The number of amides is 2. The van der Waals surface area contributed by atoms with Crippen molar-refractivity contribution in [2.45, 2.75) is 27.7 Å². The molecule has 1 aliphatic rings. The van der Waals surface area contributed by atoms with Crippen molar-refractivity contribution >= 4 is 23.3 Å². The number of nitrogens with one attached hydrogen (secondary N) is 2. The molecule has 2 amide bonds. The molecule has 0 unspecified atom stereocenters. The molecule has 184 valence electrons. The molecule has 9 heteroatoms. The Hall–Kier alpha value is -3.72. The number of hydrogen-bond donors (Lipinski definition) is 2. The Balaban J connectivity index is 1.48. The summed E-state index contributed by atoms with van der Waals surface area (Å²) in [4.78, 5) is 31.9. The second kappa shape index (κ2) is 10.3. The highest BCUT2D eigenvalue weighted by Gasteiger charge is 2.19. The average molecular weight is 478 g/mol. The summed E-state index contributed by atoms with van der Waals surface area (Å²) in [7, 11) is 0. The molecule has 4 rings (SSSR count). The van der Waals surface area contributed by atoms with Crippen LogP contribution < -0.4 is 15.5 Å². The first-order valence-corrected chi connectivity index (χ1v) is 11.7. The van der Waals surface area contributed by atoms with E-state index in [1.165, 1.54) is 0 Å². The van der Waals surface area contributed by atoms with Gasteiger partial charge in [-0.05, 0) is 42.2 Å². The predicted molar refractivity (Wildman–Crippen MR) is 134 cm³/mol. The van der Waals surface area contributed by atoms with E-state index >= 15 is 0 Å². The fourth-order valence-corrected chi connectivity index (χ4v) is 3.65. The summed E-state index contributed by atoms with van der Waals surface area (Å²) >= 11 is 0. The Morgan fingerprint density at radius 2 is 1.83 bits per heavy atom. The number of ether oxygens (including phenoxy) is 1. The average Bonchev–Trinajstić information content (AvgIpc) is 3.34. The van der Waals surface area contributed by atoms with Gasteiger partial charge in [0.25, 0.3) is 11.8 Å². The van der Waals surface area contributed by atoms with Gasteiger partial charge in [-0.15, -0.1) is 0 Å². The molecule has 0 spiro atoms. The van der Waals surface area contributed by atoms with Crippen molar-refractivity contribution in [1.82, 2.24) is 15.5 Å². The molecule has 0 aliphatic carbocycles. The first-order valence-electron chi connectivity index (χ1n) is 11.7. The van der Waals surface area contributed by atoms with E-state index in [1.807, 2.05) is 45.9 Å². The number of nitrogens with zero attached hydrogens (tertiary/aromatic N) is 3. The highest BCUT2D eigenvalue weighted by Crippen LogP contribution is 2.27. The van der Waals surface area contributed by atoms with Crippen molar-refractivity contribution in [2.24, 2.45) is 5.41 Å². The number of benzene rings is 1. The molecule has 1 saturated heterocycles. The van der Waals surface area contributed by atoms with Crippen LogP contribution in [0, 0.1) is 12.3 Å². The molecule has 0 radical (unpaired) electrons. The molecule has 1 aliphatic heterocycles. The normalized spacial score (nSPS) is 14.0. The Kier molecular flexibility index (Phi) is 7.16. The molecule has 0 bridgehead atoms. The van der Waals surface area contributed by atoms with Crippen LogP contribution in [0.15, 0.2) is 47.1 Å². The molecule has 9 nitrogen and oxygen atoms in total. The van der Waals surface area contributed by atoms with Crippen molar-refractivity contribution in [1.29, 1.82) is 0 Å². The Morgan fingerprint density at radius 3 is 2.57 bits per heavy atom. The fourth-order valence-electron chi connectivity index (χ4n) is 3.65. The largest absolute Gasteiger partial charge is 0.378 e. The summed E-state index contributed by atoms with van der Waals surface area (Å²) in [5.74, 6) is 0.351. The third-order valence-corrected chi connectivity index (χ3v) is 5.63. The number of carbonyl (C=O) groups is 2. The molecule has 35 heavy (non-hydrogen) atoms. The number of pyridine rings is 1. The molecule has 2 aromatic heterocycles. The molecule has 0 saturated carbocycles. The first kappa shape index (κ1) is 24.4. The van der Waals surface area contributed by atoms with Gasteiger partial charge in [-0.2, -0.15) is 0 Å². The van der Waals surface area contributed by atoms with E-state index in [-0.39, 0.29) is 23.0 Å². The van der Waals surface area contributed by atoms with Crippen LogP contribution in [0.1, 0.15) is 47.2 Å². The van der Waals surface area contributed by atoms with Crippen molar-refractivity contribution in [3.63, 3.8) is 0 Å². The number of aromatic nitrogens is 2. The third kappa shape index (κ3) is 6.24. The predicted octanol–water partition coefficient (Wildman–Crippen LogP) is 3.91. The Morgan fingerprint density at radius 1 is 1.06 bits per heavy atom. The smallest absolute Gasteiger partial charge is 0.289 e. The van der Waals surface area contributed by atoms with Crippen LogP contribution in [0.4, 0.5) is 11.5 Å². The van der Waals surface area contributed by atoms with Crippen LogP contribution in [-0.2, 0) is 4.74 Å². The number of rotatable bonds is 6. The molecule has 3 heterocycles. The number of hydrogen-bond acceptors (Lipinski definition) is 7. The van der Waals surface area contributed by atoms with Gasteiger partial charge in [0.15, 0.2) is 0 Å². The van der Waals surface area contributed by atoms with Crippen LogP contribution in [0.25, 0.3) is 11.3 Å². The minimum atomic E-state index is -0.311. The second-order valence-electron chi connectivity index (χ2n) is 9.81. The van der Waals surface area contributed by atoms with Gasteiger partial charge in [0.1, 0.15) is 11.5 Å². The van der Waals surface area contributed by atoms with Gasteiger partial charge in [0.05, 0.1) is 13.2 Å². The van der Waals surface area contributed by atoms with Crippen LogP contribution in [0.5, 0.6) is 0 Å². The quantitative estimate of drug-likeness (QED) is 0.554. The highest BCUT2D eigenvalue weighted by molar-refractivity contribution is 6.05. The van der Waals surface area contributed by atoms with E-state index < -0.39 is 0 Å². The molecule has 1 fully saturated rings. The third-order valence-electron chi connectivity index (χ3n) is 5.63. The van der Waals surface area contributed by atoms with Crippen molar-refractivity contribution in [3.05, 3.63) is 59.5 Å². The molecule has 3 aromatic rings. The summed E-state index contributed by atoms with van der Waals surface area (Å²) in [6.07, 6.45) is 1.64.